The smallest absolute Gasteiger partial charge is 0.174 e. The van der Waals surface area contributed by atoms with Crippen LogP contribution in [0.15, 0.2) is 60.9 Å². The summed E-state index contributed by atoms with van der Waals surface area (Å²) in [6.45, 7) is 0. The van der Waals surface area contributed by atoms with Crippen molar-refractivity contribution in [2.45, 2.75) is 12.0 Å². The fraction of sp³-hybridized carbons (Fsp3) is 0.158. The van der Waals surface area contributed by atoms with Crippen LogP contribution in [0.25, 0.3) is 0 Å². The van der Waals surface area contributed by atoms with E-state index in [1.165, 1.54) is 12.1 Å². The molecule has 120 valence electrons. The van der Waals surface area contributed by atoms with Crippen molar-refractivity contribution in [3.05, 3.63) is 83.7 Å². The number of ketones is 1. The minimum absolute atomic E-state index is 0.0250. The van der Waals surface area contributed by atoms with Gasteiger partial charge < -0.3 is 9.88 Å². The van der Waals surface area contributed by atoms with Crippen molar-refractivity contribution in [2.24, 2.45) is 7.05 Å². The van der Waals surface area contributed by atoms with E-state index in [9.17, 15) is 9.18 Å². The van der Waals surface area contributed by atoms with E-state index in [0.717, 1.165) is 11.4 Å². The highest BCUT2D eigenvalue weighted by Gasteiger charge is 2.39. The van der Waals surface area contributed by atoms with Gasteiger partial charge in [-0.05, 0) is 23.8 Å². The van der Waals surface area contributed by atoms with Crippen LogP contribution < -0.4 is 5.32 Å². The standard InChI is InChI=1S/C19H16FN3O/c1-23-10-9-21-19(23)17-16(12-5-3-2-4-6-12)18(24)14-8-7-13(20)11-15(14)22-17/h2-11,16-17,22H,1H3. The van der Waals surface area contributed by atoms with Crippen molar-refractivity contribution < 1.29 is 9.18 Å². The zero-order chi connectivity index (χ0) is 16.7. The molecule has 24 heavy (non-hydrogen) atoms. The number of imidazole rings is 1. The summed E-state index contributed by atoms with van der Waals surface area (Å²) in [6, 6.07) is 13.5. The molecule has 5 heteroatoms. The molecule has 0 aliphatic carbocycles. The maximum absolute atomic E-state index is 13.6. The van der Waals surface area contributed by atoms with Gasteiger partial charge in [-0.1, -0.05) is 30.3 Å². The second-order valence-electron chi connectivity index (χ2n) is 5.96. The Kier molecular flexibility index (Phi) is 3.41. The molecule has 3 aromatic rings. The summed E-state index contributed by atoms with van der Waals surface area (Å²) in [7, 11) is 1.89. The van der Waals surface area contributed by atoms with E-state index in [-0.39, 0.29) is 17.6 Å². The number of Topliss-reactive ketones (excluding diaryl/α,β-unsaturated/α-hetero) is 1. The molecule has 2 aromatic carbocycles. The highest BCUT2D eigenvalue weighted by molar-refractivity contribution is 6.07. The fourth-order valence-corrected chi connectivity index (χ4v) is 3.32. The third-order valence-electron chi connectivity index (χ3n) is 4.47. The number of carbonyl (C=O) groups excluding carboxylic acids is 1. The van der Waals surface area contributed by atoms with Gasteiger partial charge in [-0.3, -0.25) is 4.79 Å². The molecule has 1 N–H and O–H groups in total. The van der Waals surface area contributed by atoms with E-state index >= 15 is 0 Å². The van der Waals surface area contributed by atoms with Gasteiger partial charge in [-0.15, -0.1) is 0 Å². The first-order chi connectivity index (χ1) is 11.6. The van der Waals surface area contributed by atoms with E-state index in [4.69, 9.17) is 0 Å². The number of benzene rings is 2. The lowest BCUT2D eigenvalue weighted by Gasteiger charge is -2.33. The lowest BCUT2D eigenvalue weighted by atomic mass is 9.80. The van der Waals surface area contributed by atoms with Crippen molar-refractivity contribution in [1.29, 1.82) is 0 Å². The van der Waals surface area contributed by atoms with Crippen LogP contribution in [0.4, 0.5) is 10.1 Å². The zero-order valence-corrected chi connectivity index (χ0v) is 13.1. The molecule has 0 saturated carbocycles. The summed E-state index contributed by atoms with van der Waals surface area (Å²) in [5, 5.41) is 3.32. The predicted molar refractivity (Wildman–Crippen MR) is 89.5 cm³/mol. The normalized spacial score (nSPS) is 19.7. The highest BCUT2D eigenvalue weighted by Crippen LogP contribution is 2.41. The molecule has 4 nitrogen and oxygen atoms in total. The fourth-order valence-electron chi connectivity index (χ4n) is 3.32. The van der Waals surface area contributed by atoms with Crippen LogP contribution in [0.1, 0.15) is 33.7 Å². The summed E-state index contributed by atoms with van der Waals surface area (Å²) >= 11 is 0. The van der Waals surface area contributed by atoms with Crippen LogP contribution in [0.5, 0.6) is 0 Å². The predicted octanol–water partition coefficient (Wildman–Crippen LogP) is 3.69. The van der Waals surface area contributed by atoms with Gasteiger partial charge in [0, 0.05) is 30.7 Å². The number of anilines is 1. The van der Waals surface area contributed by atoms with E-state index in [1.54, 1.807) is 12.3 Å². The summed E-state index contributed by atoms with van der Waals surface area (Å²) in [5.74, 6) is -0.0638. The Balaban J connectivity index is 1.89. The number of hydrogen-bond acceptors (Lipinski definition) is 3. The van der Waals surface area contributed by atoms with Crippen LogP contribution in [0, 0.1) is 5.82 Å². The number of nitrogens with zero attached hydrogens (tertiary/aromatic N) is 2. The second kappa shape index (κ2) is 5.60. The summed E-state index contributed by atoms with van der Waals surface area (Å²) in [6.07, 6.45) is 3.54. The Labute approximate surface area is 139 Å². The molecule has 1 aliphatic heterocycles. The molecule has 0 spiro atoms. The minimum Gasteiger partial charge on any atom is -0.374 e. The molecule has 2 atom stereocenters. The average Bonchev–Trinajstić information content (AvgIpc) is 3.01. The van der Waals surface area contributed by atoms with Crippen LogP contribution in [-0.4, -0.2) is 15.3 Å². The van der Waals surface area contributed by atoms with Crippen LogP contribution in [0.2, 0.25) is 0 Å². The van der Waals surface area contributed by atoms with Crippen LogP contribution in [-0.2, 0) is 7.05 Å². The highest BCUT2D eigenvalue weighted by atomic mass is 19.1. The molecule has 0 amide bonds. The molecular weight excluding hydrogens is 305 g/mol. The number of nitrogens with one attached hydrogen (secondary N) is 1. The monoisotopic (exact) mass is 321 g/mol. The van der Waals surface area contributed by atoms with Crippen LogP contribution in [0.3, 0.4) is 0 Å². The van der Waals surface area contributed by atoms with Gasteiger partial charge in [0.15, 0.2) is 5.78 Å². The summed E-state index contributed by atoms with van der Waals surface area (Å²) in [5.41, 5.74) is 1.94. The Hall–Kier alpha value is -2.95. The molecule has 1 aromatic heterocycles. The number of rotatable bonds is 2. The Bertz CT molecular complexity index is 904. The van der Waals surface area contributed by atoms with E-state index in [2.05, 4.69) is 10.3 Å². The second-order valence-corrected chi connectivity index (χ2v) is 5.96. The maximum Gasteiger partial charge on any atom is 0.174 e. The molecule has 0 bridgehead atoms. The van der Waals surface area contributed by atoms with Crippen molar-refractivity contribution in [1.82, 2.24) is 9.55 Å². The van der Waals surface area contributed by atoms with Gasteiger partial charge in [0.1, 0.15) is 11.6 Å². The third kappa shape index (κ3) is 2.29. The quantitative estimate of drug-likeness (QED) is 0.783. The topological polar surface area (TPSA) is 46.9 Å². The van der Waals surface area contributed by atoms with Crippen molar-refractivity contribution in [3.8, 4) is 0 Å². The lowest BCUT2D eigenvalue weighted by molar-refractivity contribution is 0.0943. The van der Waals surface area contributed by atoms with E-state index < -0.39 is 5.92 Å². The van der Waals surface area contributed by atoms with Crippen molar-refractivity contribution in [2.75, 3.05) is 5.32 Å². The van der Waals surface area contributed by atoms with Crippen molar-refractivity contribution >= 4 is 11.5 Å². The SMILES string of the molecule is Cn1ccnc1C1Nc2cc(F)ccc2C(=O)C1c1ccccc1. The average molecular weight is 321 g/mol. The molecule has 0 saturated heterocycles. The third-order valence-corrected chi connectivity index (χ3v) is 4.47. The van der Waals surface area contributed by atoms with Gasteiger partial charge >= 0.3 is 0 Å². The Morgan fingerprint density at radius 2 is 1.96 bits per heavy atom. The van der Waals surface area contributed by atoms with Crippen molar-refractivity contribution in [3.63, 3.8) is 0 Å². The van der Waals surface area contributed by atoms with Crippen LogP contribution >= 0.6 is 0 Å². The van der Waals surface area contributed by atoms with E-state index in [1.807, 2.05) is 48.1 Å². The number of hydrogen-bond donors (Lipinski definition) is 1. The number of halogens is 1. The molecule has 0 radical (unpaired) electrons. The number of aromatic nitrogens is 2. The molecule has 2 heterocycles. The molecule has 2 unspecified atom stereocenters. The Morgan fingerprint density at radius 1 is 1.17 bits per heavy atom. The molecule has 0 fully saturated rings. The van der Waals surface area contributed by atoms with Gasteiger partial charge in [-0.25, -0.2) is 9.37 Å². The Morgan fingerprint density at radius 3 is 2.67 bits per heavy atom. The largest absolute Gasteiger partial charge is 0.374 e. The first-order valence-corrected chi connectivity index (χ1v) is 7.77. The molecule has 1 aliphatic rings. The maximum atomic E-state index is 13.6. The van der Waals surface area contributed by atoms with Gasteiger partial charge in [0.05, 0.1) is 12.0 Å². The van der Waals surface area contributed by atoms with Gasteiger partial charge in [-0.2, -0.15) is 0 Å². The summed E-state index contributed by atoms with van der Waals surface area (Å²) < 4.78 is 15.5. The first-order valence-electron chi connectivity index (χ1n) is 7.77. The zero-order valence-electron chi connectivity index (χ0n) is 13.1. The number of aryl methyl sites for hydroxylation is 1. The molecule has 4 rings (SSSR count). The lowest BCUT2D eigenvalue weighted by Crippen LogP contribution is -2.33. The number of fused-ring (bicyclic) bond motifs is 1. The molecular formula is C19H16FN3O. The first kappa shape index (κ1) is 14.6. The number of carbonyl (C=O) groups is 1. The minimum atomic E-state index is -0.412. The van der Waals surface area contributed by atoms with Gasteiger partial charge in [0.25, 0.3) is 0 Å². The van der Waals surface area contributed by atoms with Gasteiger partial charge in [0.2, 0.25) is 0 Å². The van der Waals surface area contributed by atoms with E-state index in [0.29, 0.717) is 11.3 Å². The summed E-state index contributed by atoms with van der Waals surface area (Å²) in [4.78, 5) is 17.5.